The number of carbonyl (C=O) groups excluding carboxylic acids is 1. The summed E-state index contributed by atoms with van der Waals surface area (Å²) in [6, 6.07) is 0. The van der Waals surface area contributed by atoms with Crippen molar-refractivity contribution < 1.29 is 19.4 Å². The summed E-state index contributed by atoms with van der Waals surface area (Å²) in [5, 5.41) is 8.88. The molecule has 0 spiro atoms. The topological polar surface area (TPSA) is 70.1 Å². The van der Waals surface area contributed by atoms with Crippen LogP contribution in [-0.2, 0) is 14.3 Å². The Hall–Kier alpha value is -1.14. The Balaban J connectivity index is 1.96. The molecule has 0 unspecified atom stereocenters. The smallest absolute Gasteiger partial charge is 0.332 e. The number of aliphatic carboxylic acids is 1. The first-order chi connectivity index (χ1) is 8.81. The largest absolute Gasteiger partial charge is 0.479 e. The van der Waals surface area contributed by atoms with Crippen molar-refractivity contribution in [2.75, 3.05) is 26.7 Å². The van der Waals surface area contributed by atoms with Crippen molar-refractivity contribution >= 4 is 11.9 Å². The van der Waals surface area contributed by atoms with E-state index in [0.29, 0.717) is 25.9 Å². The molecule has 0 bridgehead atoms. The summed E-state index contributed by atoms with van der Waals surface area (Å²) in [4.78, 5) is 27.2. The zero-order valence-electron chi connectivity index (χ0n) is 11.8. The molecular formula is C13H22N2O4. The summed E-state index contributed by atoms with van der Waals surface area (Å²) in [6.07, 6.45) is -0.486. The van der Waals surface area contributed by atoms with Crippen LogP contribution in [0.3, 0.4) is 0 Å². The van der Waals surface area contributed by atoms with E-state index in [0.717, 1.165) is 6.54 Å². The molecule has 2 heterocycles. The van der Waals surface area contributed by atoms with Gasteiger partial charge in [-0.3, -0.25) is 9.69 Å². The second-order valence-corrected chi connectivity index (χ2v) is 6.02. The maximum absolute atomic E-state index is 12.4. The van der Waals surface area contributed by atoms with Crippen molar-refractivity contribution in [3.05, 3.63) is 0 Å². The van der Waals surface area contributed by atoms with Gasteiger partial charge in [0.25, 0.3) is 5.91 Å². The lowest BCUT2D eigenvalue weighted by Crippen LogP contribution is -2.60. The fraction of sp³-hybridized carbons (Fsp3) is 0.846. The summed E-state index contributed by atoms with van der Waals surface area (Å²) < 4.78 is 5.33. The van der Waals surface area contributed by atoms with Crippen molar-refractivity contribution in [2.24, 2.45) is 0 Å². The molecule has 2 atom stereocenters. The first-order valence-corrected chi connectivity index (χ1v) is 6.69. The highest BCUT2D eigenvalue weighted by atomic mass is 16.5. The second-order valence-electron chi connectivity index (χ2n) is 6.02. The van der Waals surface area contributed by atoms with E-state index in [9.17, 15) is 9.59 Å². The maximum atomic E-state index is 12.4. The van der Waals surface area contributed by atoms with E-state index in [4.69, 9.17) is 9.84 Å². The number of carbonyl (C=O) groups is 2. The Morgan fingerprint density at radius 2 is 1.84 bits per heavy atom. The lowest BCUT2D eigenvalue weighted by atomic mass is 9.99. The predicted molar refractivity (Wildman–Crippen MR) is 68.8 cm³/mol. The van der Waals surface area contributed by atoms with Gasteiger partial charge in [0.1, 0.15) is 6.10 Å². The average molecular weight is 270 g/mol. The van der Waals surface area contributed by atoms with Gasteiger partial charge < -0.3 is 14.7 Å². The molecule has 2 rings (SSSR count). The summed E-state index contributed by atoms with van der Waals surface area (Å²) in [5.74, 6) is -1.04. The standard InChI is InChI=1S/C13H22N2O4/c1-13(2)8-15(7-6-14(13)3)11(16)9-4-5-10(19-9)12(17)18/h9-10H,4-8H2,1-3H3,(H,17,18)/t9-,10+/m0/s1. The third-order valence-electron chi connectivity index (χ3n) is 4.20. The molecule has 2 aliphatic heterocycles. The fourth-order valence-corrected chi connectivity index (χ4v) is 2.63. The number of likely N-dealkylation sites (N-methyl/N-ethyl adjacent to an activating group) is 1. The van der Waals surface area contributed by atoms with Crippen LogP contribution < -0.4 is 0 Å². The zero-order valence-corrected chi connectivity index (χ0v) is 11.8. The van der Waals surface area contributed by atoms with Crippen molar-refractivity contribution in [3.63, 3.8) is 0 Å². The SMILES string of the molecule is CN1CCN(C(=O)[C@@H]2CC[C@H](C(=O)O)O2)CC1(C)C. The highest BCUT2D eigenvalue weighted by Gasteiger charge is 2.40. The third kappa shape index (κ3) is 2.90. The number of piperazine rings is 1. The van der Waals surface area contributed by atoms with Crippen molar-refractivity contribution in [1.82, 2.24) is 9.80 Å². The molecule has 0 aliphatic carbocycles. The highest BCUT2D eigenvalue weighted by molar-refractivity contribution is 5.83. The van der Waals surface area contributed by atoms with E-state index >= 15 is 0 Å². The van der Waals surface area contributed by atoms with Crippen molar-refractivity contribution in [2.45, 2.75) is 44.4 Å². The summed E-state index contributed by atoms with van der Waals surface area (Å²) in [7, 11) is 2.05. The molecule has 19 heavy (non-hydrogen) atoms. The van der Waals surface area contributed by atoms with Crippen molar-refractivity contribution in [3.8, 4) is 0 Å². The van der Waals surface area contributed by atoms with E-state index in [1.165, 1.54) is 0 Å². The first-order valence-electron chi connectivity index (χ1n) is 6.69. The second kappa shape index (κ2) is 5.09. The van der Waals surface area contributed by atoms with Gasteiger partial charge in [-0.15, -0.1) is 0 Å². The fourth-order valence-electron chi connectivity index (χ4n) is 2.63. The molecule has 2 aliphatic rings. The van der Waals surface area contributed by atoms with Gasteiger partial charge in [-0.2, -0.15) is 0 Å². The van der Waals surface area contributed by atoms with Gasteiger partial charge in [0.15, 0.2) is 6.10 Å². The lowest BCUT2D eigenvalue weighted by molar-refractivity contribution is -0.156. The van der Waals surface area contributed by atoms with E-state index in [1.807, 2.05) is 7.05 Å². The Morgan fingerprint density at radius 1 is 1.21 bits per heavy atom. The van der Waals surface area contributed by atoms with Crippen LogP contribution in [0, 0.1) is 0 Å². The van der Waals surface area contributed by atoms with Gasteiger partial charge >= 0.3 is 5.97 Å². The molecule has 0 aromatic rings. The van der Waals surface area contributed by atoms with Crippen molar-refractivity contribution in [1.29, 1.82) is 0 Å². The lowest BCUT2D eigenvalue weighted by Gasteiger charge is -2.45. The van der Waals surface area contributed by atoms with Crippen LogP contribution in [0.5, 0.6) is 0 Å². The molecule has 1 amide bonds. The van der Waals surface area contributed by atoms with E-state index in [-0.39, 0.29) is 11.4 Å². The van der Waals surface area contributed by atoms with Gasteiger partial charge in [0.05, 0.1) is 0 Å². The minimum absolute atomic E-state index is 0.0568. The van der Waals surface area contributed by atoms with Crippen LogP contribution >= 0.6 is 0 Å². The van der Waals surface area contributed by atoms with Gasteiger partial charge in [0.2, 0.25) is 0 Å². The molecule has 6 nitrogen and oxygen atoms in total. The highest BCUT2D eigenvalue weighted by Crippen LogP contribution is 2.25. The van der Waals surface area contributed by atoms with Crippen LogP contribution in [0.15, 0.2) is 0 Å². The number of nitrogens with zero attached hydrogens (tertiary/aromatic N) is 2. The molecule has 2 fully saturated rings. The number of carboxylic acid groups (broad SMARTS) is 1. The molecule has 2 saturated heterocycles. The van der Waals surface area contributed by atoms with E-state index < -0.39 is 18.2 Å². The Kier molecular flexibility index (Phi) is 3.82. The van der Waals surface area contributed by atoms with Gasteiger partial charge in [-0.1, -0.05) is 0 Å². The minimum atomic E-state index is -0.978. The van der Waals surface area contributed by atoms with E-state index in [2.05, 4.69) is 18.7 Å². The molecule has 0 saturated carbocycles. The number of ether oxygens (including phenoxy) is 1. The van der Waals surface area contributed by atoms with Crippen LogP contribution in [-0.4, -0.2) is 71.2 Å². The maximum Gasteiger partial charge on any atom is 0.332 e. The molecule has 108 valence electrons. The van der Waals surface area contributed by atoms with Crippen LogP contribution in [0.2, 0.25) is 0 Å². The quantitative estimate of drug-likeness (QED) is 0.774. The first kappa shape index (κ1) is 14.3. The number of rotatable bonds is 2. The number of hydrogen-bond acceptors (Lipinski definition) is 4. The minimum Gasteiger partial charge on any atom is -0.479 e. The van der Waals surface area contributed by atoms with Crippen LogP contribution in [0.1, 0.15) is 26.7 Å². The van der Waals surface area contributed by atoms with Crippen LogP contribution in [0.4, 0.5) is 0 Å². The predicted octanol–water partition coefficient (Wildman–Crippen LogP) is 0.171. The molecular weight excluding hydrogens is 248 g/mol. The van der Waals surface area contributed by atoms with Gasteiger partial charge in [0, 0.05) is 25.2 Å². The molecule has 0 radical (unpaired) electrons. The Morgan fingerprint density at radius 3 is 2.37 bits per heavy atom. The normalized spacial score (nSPS) is 31.4. The van der Waals surface area contributed by atoms with E-state index in [1.54, 1.807) is 4.90 Å². The summed E-state index contributed by atoms with van der Waals surface area (Å²) in [5.41, 5.74) is -0.0568. The van der Waals surface area contributed by atoms with Gasteiger partial charge in [-0.05, 0) is 33.7 Å². The number of carboxylic acids is 1. The number of amides is 1. The third-order valence-corrected chi connectivity index (χ3v) is 4.20. The molecule has 0 aromatic carbocycles. The molecule has 6 heteroatoms. The molecule has 1 N–H and O–H groups in total. The average Bonchev–Trinajstić information content (AvgIpc) is 2.81. The Labute approximate surface area is 113 Å². The van der Waals surface area contributed by atoms with Gasteiger partial charge in [-0.25, -0.2) is 4.79 Å². The summed E-state index contributed by atoms with van der Waals surface area (Å²) >= 11 is 0. The van der Waals surface area contributed by atoms with Crippen LogP contribution in [0.25, 0.3) is 0 Å². The molecule has 0 aromatic heterocycles. The monoisotopic (exact) mass is 270 g/mol. The Bertz CT molecular complexity index is 383. The summed E-state index contributed by atoms with van der Waals surface area (Å²) in [6.45, 7) is 6.36. The zero-order chi connectivity index (χ0) is 14.2. The number of hydrogen-bond donors (Lipinski definition) is 1.